The number of benzene rings is 2. The number of rotatable bonds is 5. The van der Waals surface area contributed by atoms with E-state index in [-0.39, 0.29) is 5.69 Å². The number of hydrogen-bond donors (Lipinski definition) is 0. The molecular weight excluding hydrogens is 388 g/mol. The van der Waals surface area contributed by atoms with Crippen LogP contribution in [-0.2, 0) is 0 Å². The molecule has 9 heteroatoms. The van der Waals surface area contributed by atoms with Crippen LogP contribution >= 0.6 is 11.8 Å². The Bertz CT molecular complexity index is 1180. The second-order valence-electron chi connectivity index (χ2n) is 6.36. The van der Waals surface area contributed by atoms with Crippen LogP contribution in [0.5, 0.6) is 0 Å². The quantitative estimate of drug-likeness (QED) is 0.276. The Morgan fingerprint density at radius 2 is 1.69 bits per heavy atom. The minimum atomic E-state index is -0.528. The molecule has 0 fully saturated rings. The van der Waals surface area contributed by atoms with E-state index in [1.807, 2.05) is 41.0 Å². The van der Waals surface area contributed by atoms with Crippen LogP contribution in [-0.4, -0.2) is 29.7 Å². The van der Waals surface area contributed by atoms with Gasteiger partial charge in [-0.25, -0.2) is 9.97 Å². The Morgan fingerprint density at radius 1 is 0.966 bits per heavy atom. The molecule has 29 heavy (non-hydrogen) atoms. The van der Waals surface area contributed by atoms with Gasteiger partial charge in [0.2, 0.25) is 5.16 Å². The molecule has 0 saturated carbocycles. The van der Waals surface area contributed by atoms with Gasteiger partial charge in [-0.05, 0) is 48.9 Å². The van der Waals surface area contributed by atoms with Crippen molar-refractivity contribution in [1.82, 2.24) is 24.7 Å². The van der Waals surface area contributed by atoms with Crippen LogP contribution in [0.3, 0.4) is 0 Å². The Labute approximate surface area is 170 Å². The third-order valence-corrected chi connectivity index (χ3v) is 5.26. The number of nitrogens with zero attached hydrogens (tertiary/aromatic N) is 6. The van der Waals surface area contributed by atoms with Gasteiger partial charge < -0.3 is 0 Å². The van der Waals surface area contributed by atoms with Gasteiger partial charge in [0, 0.05) is 5.56 Å². The van der Waals surface area contributed by atoms with Crippen molar-refractivity contribution >= 4 is 17.4 Å². The first kappa shape index (κ1) is 18.8. The van der Waals surface area contributed by atoms with Crippen molar-refractivity contribution in [2.45, 2.75) is 24.2 Å². The van der Waals surface area contributed by atoms with Gasteiger partial charge >= 0.3 is 5.69 Å². The zero-order chi connectivity index (χ0) is 20.4. The topological polar surface area (TPSA) is 99.6 Å². The predicted octanol–water partition coefficient (Wildman–Crippen LogP) is 4.40. The van der Waals surface area contributed by atoms with Gasteiger partial charge in [-0.1, -0.05) is 36.4 Å². The van der Waals surface area contributed by atoms with E-state index in [9.17, 15) is 10.1 Å². The highest BCUT2D eigenvalue weighted by Gasteiger charge is 2.18. The van der Waals surface area contributed by atoms with Crippen molar-refractivity contribution in [1.29, 1.82) is 0 Å². The molecule has 2 aromatic carbocycles. The van der Waals surface area contributed by atoms with E-state index in [0.717, 1.165) is 16.8 Å². The molecule has 8 nitrogen and oxygen atoms in total. The summed E-state index contributed by atoms with van der Waals surface area (Å²) in [5.74, 6) is 0.693. The molecule has 0 aliphatic heterocycles. The lowest BCUT2D eigenvalue weighted by atomic mass is 10.1. The summed E-state index contributed by atoms with van der Waals surface area (Å²) in [5.41, 5.74) is 4.03. The minimum Gasteiger partial charge on any atom is -0.270 e. The van der Waals surface area contributed by atoms with Gasteiger partial charge in [0.25, 0.3) is 0 Å². The minimum absolute atomic E-state index is 0.157. The van der Waals surface area contributed by atoms with Gasteiger partial charge in [0.15, 0.2) is 11.0 Å². The maximum absolute atomic E-state index is 10.8. The van der Waals surface area contributed by atoms with E-state index in [2.05, 4.69) is 46.1 Å². The number of hydrogen-bond acceptors (Lipinski definition) is 7. The Morgan fingerprint density at radius 3 is 2.34 bits per heavy atom. The molecule has 0 aliphatic carbocycles. The number of aryl methyl sites for hydroxylation is 2. The van der Waals surface area contributed by atoms with Crippen LogP contribution in [0.2, 0.25) is 0 Å². The largest absolute Gasteiger partial charge is 0.305 e. The third-order valence-electron chi connectivity index (χ3n) is 4.42. The maximum Gasteiger partial charge on any atom is 0.305 e. The molecule has 0 spiro atoms. The van der Waals surface area contributed by atoms with Gasteiger partial charge in [-0.15, -0.1) is 10.2 Å². The SMILES string of the molecule is Cc1ccc(-n2c(Sc3ncc([N+](=O)[O-])cn3)nnc2-c2ccccc2)cc1C. The van der Waals surface area contributed by atoms with Crippen molar-refractivity contribution in [3.8, 4) is 17.1 Å². The number of aromatic nitrogens is 5. The Hall–Kier alpha value is -3.59. The van der Waals surface area contributed by atoms with E-state index in [1.165, 1.54) is 29.7 Å². The third kappa shape index (κ3) is 3.85. The summed E-state index contributed by atoms with van der Waals surface area (Å²) in [7, 11) is 0. The molecule has 0 radical (unpaired) electrons. The molecule has 2 aromatic heterocycles. The second kappa shape index (κ2) is 7.80. The summed E-state index contributed by atoms with van der Waals surface area (Å²) in [6.07, 6.45) is 2.37. The molecule has 4 aromatic rings. The summed E-state index contributed by atoms with van der Waals surface area (Å²) < 4.78 is 1.94. The molecule has 0 aliphatic rings. The van der Waals surface area contributed by atoms with E-state index in [0.29, 0.717) is 16.1 Å². The van der Waals surface area contributed by atoms with Crippen LogP contribution in [0, 0.1) is 24.0 Å². The zero-order valence-electron chi connectivity index (χ0n) is 15.7. The van der Waals surface area contributed by atoms with Crippen LogP contribution in [0.4, 0.5) is 5.69 Å². The van der Waals surface area contributed by atoms with Crippen LogP contribution in [0.25, 0.3) is 17.1 Å². The van der Waals surface area contributed by atoms with Crippen LogP contribution < -0.4 is 0 Å². The predicted molar refractivity (Wildman–Crippen MR) is 109 cm³/mol. The number of nitro groups is 1. The van der Waals surface area contributed by atoms with Crippen LogP contribution in [0.1, 0.15) is 11.1 Å². The van der Waals surface area contributed by atoms with Crippen molar-refractivity contribution in [2.24, 2.45) is 0 Å². The van der Waals surface area contributed by atoms with Crippen LogP contribution in [0.15, 0.2) is 71.2 Å². The smallest absolute Gasteiger partial charge is 0.270 e. The van der Waals surface area contributed by atoms with E-state index < -0.39 is 4.92 Å². The van der Waals surface area contributed by atoms with E-state index in [4.69, 9.17) is 0 Å². The molecule has 0 atom stereocenters. The van der Waals surface area contributed by atoms with Gasteiger partial charge in [-0.2, -0.15) is 0 Å². The van der Waals surface area contributed by atoms with Crippen molar-refractivity contribution < 1.29 is 4.92 Å². The molecule has 0 bridgehead atoms. The molecule has 4 rings (SSSR count). The van der Waals surface area contributed by atoms with Gasteiger partial charge in [0.1, 0.15) is 12.4 Å². The fourth-order valence-electron chi connectivity index (χ4n) is 2.75. The standard InChI is InChI=1S/C20H16N6O2S/c1-13-8-9-16(10-14(13)2)25-18(15-6-4-3-5-7-15)23-24-20(25)29-19-21-11-17(12-22-19)26(27)28/h3-12H,1-2H3. The first-order valence-electron chi connectivity index (χ1n) is 8.75. The summed E-state index contributed by atoms with van der Waals surface area (Å²) in [5, 5.41) is 20.5. The highest BCUT2D eigenvalue weighted by Crippen LogP contribution is 2.31. The molecule has 0 amide bonds. The van der Waals surface area contributed by atoms with Gasteiger partial charge in [0.05, 0.1) is 10.6 Å². The average Bonchev–Trinajstić information content (AvgIpc) is 3.14. The zero-order valence-corrected chi connectivity index (χ0v) is 16.5. The highest BCUT2D eigenvalue weighted by atomic mass is 32.2. The summed E-state index contributed by atoms with van der Waals surface area (Å²) in [6, 6.07) is 15.9. The molecule has 144 valence electrons. The second-order valence-corrected chi connectivity index (χ2v) is 7.29. The summed E-state index contributed by atoms with van der Waals surface area (Å²) in [6.45, 7) is 4.11. The Kier molecular flexibility index (Phi) is 5.05. The Balaban J connectivity index is 1.80. The van der Waals surface area contributed by atoms with E-state index >= 15 is 0 Å². The molecule has 0 N–H and O–H groups in total. The van der Waals surface area contributed by atoms with Crippen molar-refractivity contribution in [2.75, 3.05) is 0 Å². The molecular formula is C20H16N6O2S. The molecule has 0 saturated heterocycles. The highest BCUT2D eigenvalue weighted by molar-refractivity contribution is 7.99. The van der Waals surface area contributed by atoms with Crippen molar-refractivity contribution in [3.63, 3.8) is 0 Å². The monoisotopic (exact) mass is 404 g/mol. The normalized spacial score (nSPS) is 10.8. The lowest BCUT2D eigenvalue weighted by Crippen LogP contribution is -2.01. The first-order valence-corrected chi connectivity index (χ1v) is 9.57. The van der Waals surface area contributed by atoms with Gasteiger partial charge in [-0.3, -0.25) is 14.7 Å². The molecule has 2 heterocycles. The lowest BCUT2D eigenvalue weighted by Gasteiger charge is -2.12. The first-order chi connectivity index (χ1) is 14.0. The van der Waals surface area contributed by atoms with E-state index in [1.54, 1.807) is 0 Å². The summed E-state index contributed by atoms with van der Waals surface area (Å²) >= 11 is 1.20. The maximum atomic E-state index is 10.8. The lowest BCUT2D eigenvalue weighted by molar-refractivity contribution is -0.385. The van der Waals surface area contributed by atoms with Crippen molar-refractivity contribution in [3.05, 3.63) is 82.2 Å². The molecule has 0 unspecified atom stereocenters. The fraction of sp³-hybridized carbons (Fsp3) is 0.100. The summed E-state index contributed by atoms with van der Waals surface area (Å²) in [4.78, 5) is 18.4. The fourth-order valence-corrected chi connectivity index (χ4v) is 3.48. The average molecular weight is 404 g/mol.